The van der Waals surface area contributed by atoms with Gasteiger partial charge < -0.3 is 20.1 Å². The summed E-state index contributed by atoms with van der Waals surface area (Å²) in [5, 5.41) is 5.92. The van der Waals surface area contributed by atoms with Crippen molar-refractivity contribution in [3.63, 3.8) is 0 Å². The van der Waals surface area contributed by atoms with Gasteiger partial charge in [0.1, 0.15) is 11.5 Å². The first-order chi connectivity index (χ1) is 28.5. The molecule has 10 nitrogen and oxygen atoms in total. The maximum absolute atomic E-state index is 13.5. The fourth-order valence-corrected chi connectivity index (χ4v) is 6.35. The molecular formula is C48H46N4O6. The Bertz CT molecular complexity index is 2000. The predicted octanol–water partition coefficient (Wildman–Crippen LogP) is 8.89. The van der Waals surface area contributed by atoms with Gasteiger partial charge in [0, 0.05) is 35.8 Å². The van der Waals surface area contributed by atoms with Crippen LogP contribution in [0.15, 0.2) is 170 Å². The number of unbranched alkanes of at least 4 members (excludes halogenated alkanes) is 3. The van der Waals surface area contributed by atoms with Gasteiger partial charge in [-0.2, -0.15) is 0 Å². The number of ether oxygens (including phenoxy) is 2. The van der Waals surface area contributed by atoms with E-state index in [1.807, 2.05) is 121 Å². The maximum atomic E-state index is 13.5. The van der Waals surface area contributed by atoms with E-state index in [9.17, 15) is 19.2 Å². The number of nitrogens with one attached hydrogen (secondary N) is 2. The minimum absolute atomic E-state index is 0.259. The molecule has 0 aliphatic heterocycles. The van der Waals surface area contributed by atoms with E-state index in [-0.39, 0.29) is 36.8 Å². The Kier molecular flexibility index (Phi) is 14.8. The van der Waals surface area contributed by atoms with Gasteiger partial charge in [0.05, 0.1) is 11.1 Å². The SMILES string of the molecule is O=C(NCCCCCCNC(=O)c1ccccc1OCC(=O)N(c1ccccc1)c1ccccc1)c1ccccc1OCC(=O)N(c1ccccc1)c1ccccc1. The zero-order valence-electron chi connectivity index (χ0n) is 32.2. The first kappa shape index (κ1) is 40.5. The van der Waals surface area contributed by atoms with Gasteiger partial charge in [-0.15, -0.1) is 0 Å². The van der Waals surface area contributed by atoms with Gasteiger partial charge in [0.2, 0.25) is 0 Å². The molecule has 6 aromatic carbocycles. The first-order valence-electron chi connectivity index (χ1n) is 19.4. The van der Waals surface area contributed by atoms with Crippen molar-refractivity contribution in [2.45, 2.75) is 25.7 Å². The topological polar surface area (TPSA) is 117 Å². The van der Waals surface area contributed by atoms with Crippen molar-refractivity contribution < 1.29 is 28.7 Å². The molecule has 0 atom stereocenters. The number of nitrogens with zero attached hydrogens (tertiary/aromatic N) is 2. The summed E-state index contributed by atoms with van der Waals surface area (Å²) in [6, 6.07) is 51.2. The van der Waals surface area contributed by atoms with E-state index in [0.29, 0.717) is 58.5 Å². The molecule has 6 rings (SSSR count). The minimum Gasteiger partial charge on any atom is -0.483 e. The number of hydrogen-bond acceptors (Lipinski definition) is 6. The maximum Gasteiger partial charge on any atom is 0.269 e. The van der Waals surface area contributed by atoms with E-state index in [2.05, 4.69) is 10.6 Å². The van der Waals surface area contributed by atoms with Crippen LogP contribution in [0.3, 0.4) is 0 Å². The quantitative estimate of drug-likeness (QED) is 0.0795. The zero-order valence-corrected chi connectivity index (χ0v) is 32.2. The molecule has 0 saturated carbocycles. The van der Waals surface area contributed by atoms with Gasteiger partial charge >= 0.3 is 0 Å². The van der Waals surface area contributed by atoms with E-state index >= 15 is 0 Å². The summed E-state index contributed by atoms with van der Waals surface area (Å²) in [6.07, 6.45) is 3.19. The van der Waals surface area contributed by atoms with Gasteiger partial charge in [0.25, 0.3) is 23.6 Å². The average molecular weight is 775 g/mol. The van der Waals surface area contributed by atoms with Crippen molar-refractivity contribution in [2.24, 2.45) is 0 Å². The number of rotatable bonds is 19. The van der Waals surface area contributed by atoms with Gasteiger partial charge in [-0.05, 0) is 85.6 Å². The first-order valence-corrected chi connectivity index (χ1v) is 19.4. The van der Waals surface area contributed by atoms with Crippen LogP contribution in [0.4, 0.5) is 22.7 Å². The molecule has 6 aromatic rings. The summed E-state index contributed by atoms with van der Waals surface area (Å²) < 4.78 is 11.9. The highest BCUT2D eigenvalue weighted by molar-refractivity contribution is 6.03. The van der Waals surface area contributed by atoms with E-state index in [1.165, 1.54) is 0 Å². The molecule has 294 valence electrons. The van der Waals surface area contributed by atoms with Gasteiger partial charge in [-0.25, -0.2) is 0 Å². The number of hydrogen-bond donors (Lipinski definition) is 2. The zero-order chi connectivity index (χ0) is 40.4. The molecule has 0 aromatic heterocycles. The molecule has 0 aliphatic carbocycles. The van der Waals surface area contributed by atoms with Crippen LogP contribution in [0, 0.1) is 0 Å². The third-order valence-electron chi connectivity index (χ3n) is 9.20. The number of carbonyl (C=O) groups excluding carboxylic acids is 4. The highest BCUT2D eigenvalue weighted by Gasteiger charge is 2.22. The fourth-order valence-electron chi connectivity index (χ4n) is 6.35. The summed E-state index contributed by atoms with van der Waals surface area (Å²) in [6.45, 7) is 0.406. The number of amides is 4. The normalized spacial score (nSPS) is 10.6. The molecule has 0 aliphatic rings. The minimum atomic E-state index is -0.284. The molecule has 58 heavy (non-hydrogen) atoms. The molecule has 10 heteroatoms. The van der Waals surface area contributed by atoms with Crippen LogP contribution >= 0.6 is 0 Å². The number of para-hydroxylation sites is 6. The van der Waals surface area contributed by atoms with Gasteiger partial charge in [-0.1, -0.05) is 110 Å². The number of carbonyl (C=O) groups is 4. The lowest BCUT2D eigenvalue weighted by atomic mass is 10.1. The molecule has 0 saturated heterocycles. The Morgan fingerprint density at radius 3 is 1.00 bits per heavy atom. The van der Waals surface area contributed by atoms with E-state index in [0.717, 1.165) is 25.7 Å². The van der Waals surface area contributed by atoms with Crippen LogP contribution in [0.1, 0.15) is 46.4 Å². The van der Waals surface area contributed by atoms with Crippen molar-refractivity contribution >= 4 is 46.4 Å². The van der Waals surface area contributed by atoms with E-state index in [4.69, 9.17) is 9.47 Å². The van der Waals surface area contributed by atoms with Crippen molar-refractivity contribution in [1.29, 1.82) is 0 Å². The molecular weight excluding hydrogens is 729 g/mol. The lowest BCUT2D eigenvalue weighted by Crippen LogP contribution is -2.31. The van der Waals surface area contributed by atoms with Crippen molar-refractivity contribution in [2.75, 3.05) is 36.1 Å². The standard InChI is InChI=1S/C48H46N4O6/c53-45(51(37-21-7-3-8-22-37)38-23-9-4-10-24-38)35-57-43-31-17-15-29-41(43)47(55)49-33-19-1-2-20-34-50-48(56)42-30-16-18-32-44(42)58-36-46(54)52(39-25-11-5-12-26-39)40-27-13-6-14-28-40/h3-18,21-32H,1-2,19-20,33-36H2,(H,49,55)(H,50,56). The van der Waals surface area contributed by atoms with E-state index in [1.54, 1.807) is 58.3 Å². The van der Waals surface area contributed by atoms with Crippen LogP contribution in [0.5, 0.6) is 11.5 Å². The lowest BCUT2D eigenvalue weighted by molar-refractivity contribution is -0.120. The Morgan fingerprint density at radius 2 is 0.672 bits per heavy atom. The Hall–Kier alpha value is -7.20. The Morgan fingerprint density at radius 1 is 0.379 bits per heavy atom. The van der Waals surface area contributed by atoms with Crippen molar-refractivity contribution in [3.05, 3.63) is 181 Å². The third-order valence-corrected chi connectivity index (χ3v) is 9.20. The second kappa shape index (κ2) is 21.2. The molecule has 0 heterocycles. The molecule has 2 N–H and O–H groups in total. The van der Waals surface area contributed by atoms with Crippen molar-refractivity contribution in [3.8, 4) is 11.5 Å². The van der Waals surface area contributed by atoms with E-state index < -0.39 is 0 Å². The average Bonchev–Trinajstić information content (AvgIpc) is 3.27. The number of anilines is 4. The van der Waals surface area contributed by atoms with Crippen LogP contribution in [-0.4, -0.2) is 49.9 Å². The molecule has 0 bridgehead atoms. The monoisotopic (exact) mass is 774 g/mol. The summed E-state index contributed by atoms with van der Waals surface area (Å²) in [5.41, 5.74) is 3.56. The summed E-state index contributed by atoms with van der Waals surface area (Å²) in [4.78, 5) is 56.4. The molecule has 0 radical (unpaired) electrons. The molecule has 0 unspecified atom stereocenters. The lowest BCUT2D eigenvalue weighted by Gasteiger charge is -2.23. The Balaban J connectivity index is 0.917. The second-order valence-electron chi connectivity index (χ2n) is 13.3. The van der Waals surface area contributed by atoms with Crippen LogP contribution in [-0.2, 0) is 9.59 Å². The van der Waals surface area contributed by atoms with Gasteiger partial charge in [0.15, 0.2) is 13.2 Å². The summed E-state index contributed by atoms with van der Waals surface area (Å²) in [7, 11) is 0. The third kappa shape index (κ3) is 11.2. The smallest absolute Gasteiger partial charge is 0.269 e. The highest BCUT2D eigenvalue weighted by atomic mass is 16.5. The molecule has 4 amide bonds. The van der Waals surface area contributed by atoms with Crippen LogP contribution < -0.4 is 29.9 Å². The van der Waals surface area contributed by atoms with Crippen LogP contribution in [0.2, 0.25) is 0 Å². The van der Waals surface area contributed by atoms with Crippen molar-refractivity contribution in [1.82, 2.24) is 10.6 Å². The summed E-state index contributed by atoms with van der Waals surface area (Å²) in [5.74, 6) is -0.469. The van der Waals surface area contributed by atoms with Gasteiger partial charge in [-0.3, -0.25) is 29.0 Å². The second-order valence-corrected chi connectivity index (χ2v) is 13.3. The predicted molar refractivity (Wildman–Crippen MR) is 227 cm³/mol. The summed E-state index contributed by atoms with van der Waals surface area (Å²) >= 11 is 0. The molecule has 0 fully saturated rings. The molecule has 0 spiro atoms. The highest BCUT2D eigenvalue weighted by Crippen LogP contribution is 2.28. The number of benzene rings is 6. The Labute approximate surface area is 339 Å². The van der Waals surface area contributed by atoms with Crippen LogP contribution in [0.25, 0.3) is 0 Å². The fraction of sp³-hybridized carbons (Fsp3) is 0.167. The largest absolute Gasteiger partial charge is 0.483 e.